The van der Waals surface area contributed by atoms with Gasteiger partial charge in [0.1, 0.15) is 5.69 Å². The van der Waals surface area contributed by atoms with E-state index in [1.54, 1.807) is 11.8 Å². The van der Waals surface area contributed by atoms with Crippen LogP contribution in [0.3, 0.4) is 0 Å². The Bertz CT molecular complexity index is 440. The summed E-state index contributed by atoms with van der Waals surface area (Å²) in [6.07, 6.45) is 2.46. The number of hydrogen-bond acceptors (Lipinski definition) is 3. The van der Waals surface area contributed by atoms with Gasteiger partial charge in [-0.05, 0) is 11.8 Å². The minimum atomic E-state index is 0.0815. The van der Waals surface area contributed by atoms with Gasteiger partial charge in [0, 0.05) is 13.0 Å². The van der Waals surface area contributed by atoms with E-state index in [1.807, 2.05) is 0 Å². The molecule has 94 valence electrons. The molecule has 1 saturated carbocycles. The van der Waals surface area contributed by atoms with Gasteiger partial charge in [0.05, 0.1) is 24.4 Å². The molecule has 2 rings (SSSR count). The Morgan fingerprint density at radius 2 is 2.35 bits per heavy atom. The van der Waals surface area contributed by atoms with Gasteiger partial charge in [0.15, 0.2) is 5.78 Å². The number of aromatic nitrogens is 2. The summed E-state index contributed by atoms with van der Waals surface area (Å²) in [6, 6.07) is 0. The van der Waals surface area contributed by atoms with Crippen LogP contribution in [-0.2, 0) is 11.3 Å². The van der Waals surface area contributed by atoms with E-state index in [0.717, 1.165) is 6.42 Å². The average molecular weight is 257 g/mol. The number of rotatable bonds is 5. The van der Waals surface area contributed by atoms with Gasteiger partial charge >= 0.3 is 0 Å². The van der Waals surface area contributed by atoms with Crippen molar-refractivity contribution >= 4 is 17.4 Å². The van der Waals surface area contributed by atoms with Gasteiger partial charge in [0.25, 0.3) is 0 Å². The molecule has 0 aromatic carbocycles. The predicted molar refractivity (Wildman–Crippen MR) is 65.3 cm³/mol. The third kappa shape index (κ3) is 2.38. The van der Waals surface area contributed by atoms with Crippen LogP contribution in [0.5, 0.6) is 0 Å². The van der Waals surface area contributed by atoms with Crippen LogP contribution in [0.25, 0.3) is 0 Å². The Hall–Kier alpha value is -0.870. The number of Topliss-reactive ketones (excluding diaryl/α,β-unsaturated/α-hetero) is 1. The summed E-state index contributed by atoms with van der Waals surface area (Å²) in [4.78, 5) is 12.3. The Kier molecular flexibility index (Phi) is 3.27. The van der Waals surface area contributed by atoms with Gasteiger partial charge in [-0.1, -0.05) is 25.4 Å². The number of ether oxygens (including phenoxy) is 1. The topological polar surface area (TPSA) is 44.1 Å². The molecule has 1 atom stereocenters. The van der Waals surface area contributed by atoms with Crippen molar-refractivity contribution in [1.82, 2.24) is 9.78 Å². The molecule has 4 nitrogen and oxygen atoms in total. The molecule has 1 aromatic heterocycles. The zero-order valence-electron chi connectivity index (χ0n) is 10.4. The van der Waals surface area contributed by atoms with Crippen molar-refractivity contribution < 1.29 is 9.53 Å². The van der Waals surface area contributed by atoms with Crippen molar-refractivity contribution in [3.8, 4) is 0 Å². The Labute approximate surface area is 106 Å². The van der Waals surface area contributed by atoms with E-state index in [4.69, 9.17) is 16.3 Å². The number of halogens is 1. The molecular weight excluding hydrogens is 240 g/mol. The molecule has 1 fully saturated rings. The van der Waals surface area contributed by atoms with Crippen LogP contribution in [0.1, 0.15) is 30.8 Å². The zero-order chi connectivity index (χ0) is 12.6. The monoisotopic (exact) mass is 256 g/mol. The smallest absolute Gasteiger partial charge is 0.186 e. The normalized spacial score (nSPS) is 21.5. The average Bonchev–Trinajstić information content (AvgIpc) is 2.75. The number of carbonyl (C=O) groups is 1. The maximum atomic E-state index is 12.3. The highest BCUT2D eigenvalue weighted by Gasteiger charge is 2.51. The highest BCUT2D eigenvalue weighted by Crippen LogP contribution is 2.53. The van der Waals surface area contributed by atoms with Crippen molar-refractivity contribution in [2.24, 2.45) is 11.3 Å². The van der Waals surface area contributed by atoms with Gasteiger partial charge in [-0.25, -0.2) is 0 Å². The SMILES string of the molecule is COCCn1ncc(Cl)c1C(=O)C1CC1(C)C. The van der Waals surface area contributed by atoms with E-state index in [2.05, 4.69) is 18.9 Å². The van der Waals surface area contributed by atoms with Gasteiger partial charge < -0.3 is 4.74 Å². The van der Waals surface area contributed by atoms with Crippen LogP contribution in [-0.4, -0.2) is 29.3 Å². The number of hydrogen-bond donors (Lipinski definition) is 0. The molecule has 0 bridgehead atoms. The first-order valence-corrected chi connectivity index (χ1v) is 6.09. The molecule has 1 unspecified atom stereocenters. The first-order chi connectivity index (χ1) is 7.97. The van der Waals surface area contributed by atoms with Crippen molar-refractivity contribution in [3.63, 3.8) is 0 Å². The summed E-state index contributed by atoms with van der Waals surface area (Å²) >= 11 is 6.04. The molecule has 1 heterocycles. The van der Waals surface area contributed by atoms with Gasteiger partial charge in [-0.15, -0.1) is 0 Å². The van der Waals surface area contributed by atoms with Gasteiger partial charge in [0.2, 0.25) is 0 Å². The molecule has 1 aliphatic carbocycles. The lowest BCUT2D eigenvalue weighted by Crippen LogP contribution is -2.16. The molecular formula is C12H17ClN2O2. The molecule has 0 N–H and O–H groups in total. The van der Waals surface area contributed by atoms with Crippen molar-refractivity contribution in [1.29, 1.82) is 0 Å². The molecule has 0 aliphatic heterocycles. The summed E-state index contributed by atoms with van der Waals surface area (Å²) in [6.45, 7) is 5.27. The van der Waals surface area contributed by atoms with Crippen molar-refractivity contribution in [2.75, 3.05) is 13.7 Å². The minimum absolute atomic E-state index is 0.0815. The van der Waals surface area contributed by atoms with Crippen LogP contribution in [0, 0.1) is 11.3 Å². The molecule has 5 heteroatoms. The maximum absolute atomic E-state index is 12.3. The largest absolute Gasteiger partial charge is 0.383 e. The number of nitrogens with zero attached hydrogens (tertiary/aromatic N) is 2. The minimum Gasteiger partial charge on any atom is -0.383 e. The standard InChI is InChI=1S/C12H17ClN2O2/c1-12(2)6-8(12)11(16)10-9(13)7-14-15(10)4-5-17-3/h7-8H,4-6H2,1-3H3. The lowest BCUT2D eigenvalue weighted by Gasteiger charge is -2.07. The Balaban J connectivity index is 2.19. The number of methoxy groups -OCH3 is 1. The number of carbonyl (C=O) groups excluding carboxylic acids is 1. The fourth-order valence-electron chi connectivity index (χ4n) is 2.03. The van der Waals surface area contributed by atoms with Crippen molar-refractivity contribution in [2.45, 2.75) is 26.8 Å². The molecule has 0 amide bonds. The van der Waals surface area contributed by atoms with E-state index < -0.39 is 0 Å². The van der Waals surface area contributed by atoms with Gasteiger partial charge in [-0.3, -0.25) is 9.48 Å². The second-order valence-electron chi connectivity index (χ2n) is 5.17. The first kappa shape index (κ1) is 12.6. The van der Waals surface area contributed by atoms with E-state index in [1.165, 1.54) is 6.20 Å². The first-order valence-electron chi connectivity index (χ1n) is 5.72. The van der Waals surface area contributed by atoms with Crippen LogP contribution >= 0.6 is 11.6 Å². The second kappa shape index (κ2) is 4.42. The molecule has 1 aliphatic rings. The second-order valence-corrected chi connectivity index (χ2v) is 5.57. The maximum Gasteiger partial charge on any atom is 0.186 e. The van der Waals surface area contributed by atoms with E-state index in [-0.39, 0.29) is 17.1 Å². The Morgan fingerprint density at radius 3 is 2.88 bits per heavy atom. The molecule has 0 radical (unpaired) electrons. The third-order valence-electron chi connectivity index (χ3n) is 3.37. The molecule has 1 aromatic rings. The third-order valence-corrected chi connectivity index (χ3v) is 3.64. The van der Waals surface area contributed by atoms with E-state index in [9.17, 15) is 4.79 Å². The van der Waals surface area contributed by atoms with E-state index in [0.29, 0.717) is 23.9 Å². The van der Waals surface area contributed by atoms with Crippen LogP contribution in [0.15, 0.2) is 6.20 Å². The summed E-state index contributed by atoms with van der Waals surface area (Å²) < 4.78 is 6.63. The highest BCUT2D eigenvalue weighted by atomic mass is 35.5. The summed E-state index contributed by atoms with van der Waals surface area (Å²) in [7, 11) is 1.62. The highest BCUT2D eigenvalue weighted by molar-refractivity contribution is 6.33. The van der Waals surface area contributed by atoms with Crippen molar-refractivity contribution in [3.05, 3.63) is 16.9 Å². The van der Waals surface area contributed by atoms with Crippen LogP contribution in [0.4, 0.5) is 0 Å². The molecule has 0 saturated heterocycles. The Morgan fingerprint density at radius 1 is 1.71 bits per heavy atom. The fraction of sp³-hybridized carbons (Fsp3) is 0.667. The lowest BCUT2D eigenvalue weighted by molar-refractivity contribution is 0.0939. The summed E-state index contributed by atoms with van der Waals surface area (Å²) in [5, 5.41) is 4.55. The number of ketones is 1. The zero-order valence-corrected chi connectivity index (χ0v) is 11.1. The molecule has 17 heavy (non-hydrogen) atoms. The lowest BCUT2D eigenvalue weighted by atomic mass is 10.1. The van der Waals surface area contributed by atoms with E-state index >= 15 is 0 Å². The van der Waals surface area contributed by atoms with Crippen LogP contribution in [0.2, 0.25) is 5.02 Å². The fourth-order valence-corrected chi connectivity index (χ4v) is 2.27. The van der Waals surface area contributed by atoms with Gasteiger partial charge in [-0.2, -0.15) is 5.10 Å². The quantitative estimate of drug-likeness (QED) is 0.760. The predicted octanol–water partition coefficient (Wildman–Crippen LogP) is 2.41. The summed E-state index contributed by atoms with van der Waals surface area (Å²) in [5.74, 6) is 0.187. The van der Waals surface area contributed by atoms with Crippen LogP contribution < -0.4 is 0 Å². The summed E-state index contributed by atoms with van der Waals surface area (Å²) in [5.41, 5.74) is 0.635. The molecule has 0 spiro atoms.